The molecule has 0 spiro atoms. The third kappa shape index (κ3) is 6.58. The lowest BCUT2D eigenvalue weighted by molar-refractivity contribution is -0.0705. The topological polar surface area (TPSA) is 48.9 Å². The SMILES string of the molecule is CN=C(NCc1ccc(C)cc1)NCc1ccccc1CN1CC(C)OC(C)C1. The van der Waals surface area contributed by atoms with Crippen molar-refractivity contribution in [2.75, 3.05) is 20.1 Å². The summed E-state index contributed by atoms with van der Waals surface area (Å²) in [6.07, 6.45) is 0.572. The van der Waals surface area contributed by atoms with E-state index in [2.05, 4.69) is 89.8 Å². The number of aryl methyl sites for hydroxylation is 1. The van der Waals surface area contributed by atoms with Crippen molar-refractivity contribution < 1.29 is 4.74 Å². The van der Waals surface area contributed by atoms with Gasteiger partial charge in [-0.15, -0.1) is 0 Å². The Bertz CT molecular complexity index is 793. The normalized spacial score (nSPS) is 20.5. The fraction of sp³-hybridized carbons (Fsp3) is 0.458. The molecule has 0 amide bonds. The Labute approximate surface area is 175 Å². The van der Waals surface area contributed by atoms with Crippen molar-refractivity contribution in [2.24, 2.45) is 4.99 Å². The van der Waals surface area contributed by atoms with Crippen molar-refractivity contribution in [1.82, 2.24) is 15.5 Å². The summed E-state index contributed by atoms with van der Waals surface area (Å²) in [6, 6.07) is 17.2. The molecule has 1 fully saturated rings. The number of nitrogens with zero attached hydrogens (tertiary/aromatic N) is 2. The number of morpholine rings is 1. The van der Waals surface area contributed by atoms with Crippen LogP contribution in [0.2, 0.25) is 0 Å². The molecule has 2 aromatic carbocycles. The van der Waals surface area contributed by atoms with Crippen LogP contribution < -0.4 is 10.6 Å². The van der Waals surface area contributed by atoms with E-state index in [0.29, 0.717) is 0 Å². The summed E-state index contributed by atoms with van der Waals surface area (Å²) in [5, 5.41) is 6.86. The van der Waals surface area contributed by atoms with Crippen molar-refractivity contribution >= 4 is 5.96 Å². The molecule has 5 nitrogen and oxygen atoms in total. The number of nitrogens with one attached hydrogen (secondary N) is 2. The van der Waals surface area contributed by atoms with Gasteiger partial charge in [0.1, 0.15) is 0 Å². The lowest BCUT2D eigenvalue weighted by Gasteiger charge is -2.35. The van der Waals surface area contributed by atoms with Crippen LogP contribution in [0.1, 0.15) is 36.1 Å². The van der Waals surface area contributed by atoms with Crippen LogP contribution >= 0.6 is 0 Å². The van der Waals surface area contributed by atoms with Gasteiger partial charge in [-0.2, -0.15) is 0 Å². The Morgan fingerprint density at radius 2 is 1.59 bits per heavy atom. The molecule has 0 aliphatic carbocycles. The molecule has 2 unspecified atom stereocenters. The number of hydrogen-bond donors (Lipinski definition) is 2. The van der Waals surface area contributed by atoms with E-state index >= 15 is 0 Å². The smallest absolute Gasteiger partial charge is 0.191 e. The Morgan fingerprint density at radius 1 is 0.966 bits per heavy atom. The van der Waals surface area contributed by atoms with E-state index in [9.17, 15) is 0 Å². The van der Waals surface area contributed by atoms with Crippen LogP contribution in [0.4, 0.5) is 0 Å². The fourth-order valence-electron chi connectivity index (χ4n) is 3.83. The van der Waals surface area contributed by atoms with Crippen molar-refractivity contribution in [3.05, 3.63) is 70.8 Å². The average molecular weight is 395 g/mol. The second kappa shape index (κ2) is 10.4. The van der Waals surface area contributed by atoms with Gasteiger partial charge in [0, 0.05) is 39.8 Å². The molecule has 1 aliphatic rings. The number of aliphatic imine (C=N–C) groups is 1. The minimum Gasteiger partial charge on any atom is -0.373 e. The van der Waals surface area contributed by atoms with Crippen LogP contribution in [0.3, 0.4) is 0 Å². The molecule has 2 aromatic rings. The van der Waals surface area contributed by atoms with Gasteiger partial charge in [0.05, 0.1) is 12.2 Å². The summed E-state index contributed by atoms with van der Waals surface area (Å²) in [5.74, 6) is 0.814. The predicted molar refractivity (Wildman–Crippen MR) is 120 cm³/mol. The first-order valence-corrected chi connectivity index (χ1v) is 10.5. The van der Waals surface area contributed by atoms with Gasteiger partial charge in [-0.1, -0.05) is 54.1 Å². The molecule has 1 heterocycles. The molecule has 1 saturated heterocycles. The highest BCUT2D eigenvalue weighted by Crippen LogP contribution is 2.17. The highest BCUT2D eigenvalue weighted by atomic mass is 16.5. The number of benzene rings is 2. The van der Waals surface area contributed by atoms with E-state index in [-0.39, 0.29) is 12.2 Å². The van der Waals surface area contributed by atoms with E-state index in [4.69, 9.17) is 4.74 Å². The Hall–Kier alpha value is -2.37. The van der Waals surface area contributed by atoms with Crippen molar-refractivity contribution in [2.45, 2.75) is 52.6 Å². The lowest BCUT2D eigenvalue weighted by Crippen LogP contribution is -2.45. The molecule has 1 aliphatic heterocycles. The summed E-state index contributed by atoms with van der Waals surface area (Å²) >= 11 is 0. The summed E-state index contributed by atoms with van der Waals surface area (Å²) < 4.78 is 5.87. The molecule has 0 saturated carbocycles. The van der Waals surface area contributed by atoms with E-state index in [1.54, 1.807) is 0 Å². The van der Waals surface area contributed by atoms with Gasteiger partial charge in [-0.05, 0) is 37.5 Å². The van der Waals surface area contributed by atoms with Crippen molar-refractivity contribution in [1.29, 1.82) is 0 Å². The van der Waals surface area contributed by atoms with Crippen LogP contribution in [0, 0.1) is 6.92 Å². The van der Waals surface area contributed by atoms with Crippen LogP contribution in [0.25, 0.3) is 0 Å². The van der Waals surface area contributed by atoms with Gasteiger partial charge in [-0.25, -0.2) is 0 Å². The summed E-state index contributed by atoms with van der Waals surface area (Å²) in [4.78, 5) is 6.86. The molecule has 3 rings (SSSR count). The molecular weight excluding hydrogens is 360 g/mol. The summed E-state index contributed by atoms with van der Waals surface area (Å²) in [7, 11) is 1.81. The minimum absolute atomic E-state index is 0.286. The van der Waals surface area contributed by atoms with Crippen molar-refractivity contribution in [3.8, 4) is 0 Å². The van der Waals surface area contributed by atoms with E-state index in [1.165, 1.54) is 22.3 Å². The zero-order valence-corrected chi connectivity index (χ0v) is 18.1. The first kappa shape index (κ1) is 21.3. The van der Waals surface area contributed by atoms with Gasteiger partial charge in [0.15, 0.2) is 5.96 Å². The predicted octanol–water partition coefficient (Wildman–Crippen LogP) is 3.47. The monoisotopic (exact) mass is 394 g/mol. The maximum absolute atomic E-state index is 5.87. The molecule has 0 radical (unpaired) electrons. The second-order valence-electron chi connectivity index (χ2n) is 7.99. The number of ether oxygens (including phenoxy) is 1. The molecular formula is C24H34N4O. The summed E-state index contributed by atoms with van der Waals surface area (Å²) in [6.45, 7) is 10.8. The standard InChI is InChI=1S/C24H34N4O/c1-18-9-11-21(12-10-18)13-26-24(25-4)27-14-22-7-5-6-8-23(22)17-28-15-19(2)29-20(3)16-28/h5-12,19-20H,13-17H2,1-4H3,(H2,25,26,27). The number of rotatable bonds is 6. The van der Waals surface area contributed by atoms with Crippen molar-refractivity contribution in [3.63, 3.8) is 0 Å². The van der Waals surface area contributed by atoms with Gasteiger partial charge in [0.25, 0.3) is 0 Å². The van der Waals surface area contributed by atoms with Gasteiger partial charge in [-0.3, -0.25) is 9.89 Å². The van der Waals surface area contributed by atoms with Gasteiger partial charge < -0.3 is 15.4 Å². The second-order valence-corrected chi connectivity index (χ2v) is 7.99. The molecule has 156 valence electrons. The zero-order chi connectivity index (χ0) is 20.6. The largest absolute Gasteiger partial charge is 0.373 e. The maximum atomic E-state index is 5.87. The Kier molecular flexibility index (Phi) is 7.67. The highest BCUT2D eigenvalue weighted by Gasteiger charge is 2.22. The van der Waals surface area contributed by atoms with Crippen LogP contribution in [0.5, 0.6) is 0 Å². The van der Waals surface area contributed by atoms with E-state index in [1.807, 2.05) is 7.05 Å². The minimum atomic E-state index is 0.286. The molecule has 0 bridgehead atoms. The summed E-state index contributed by atoms with van der Waals surface area (Å²) in [5.41, 5.74) is 5.18. The molecule has 5 heteroatoms. The first-order chi connectivity index (χ1) is 14.0. The Morgan fingerprint density at radius 3 is 2.24 bits per heavy atom. The molecule has 0 aromatic heterocycles. The fourth-order valence-corrected chi connectivity index (χ4v) is 3.83. The highest BCUT2D eigenvalue weighted by molar-refractivity contribution is 5.79. The van der Waals surface area contributed by atoms with Crippen LogP contribution in [-0.2, 0) is 24.4 Å². The third-order valence-corrected chi connectivity index (χ3v) is 5.26. The number of hydrogen-bond acceptors (Lipinski definition) is 3. The number of guanidine groups is 1. The maximum Gasteiger partial charge on any atom is 0.191 e. The quantitative estimate of drug-likeness (QED) is 0.582. The van der Waals surface area contributed by atoms with Gasteiger partial charge >= 0.3 is 0 Å². The van der Waals surface area contributed by atoms with E-state index < -0.39 is 0 Å². The molecule has 29 heavy (non-hydrogen) atoms. The Balaban J connectivity index is 1.56. The molecule has 2 atom stereocenters. The third-order valence-electron chi connectivity index (χ3n) is 5.26. The van der Waals surface area contributed by atoms with E-state index in [0.717, 1.165) is 38.7 Å². The first-order valence-electron chi connectivity index (χ1n) is 10.5. The van der Waals surface area contributed by atoms with Crippen LogP contribution in [0.15, 0.2) is 53.5 Å². The molecule has 2 N–H and O–H groups in total. The van der Waals surface area contributed by atoms with Crippen LogP contribution in [-0.4, -0.2) is 43.2 Å². The van der Waals surface area contributed by atoms with Gasteiger partial charge in [0.2, 0.25) is 0 Å². The zero-order valence-electron chi connectivity index (χ0n) is 18.1. The average Bonchev–Trinajstić information content (AvgIpc) is 2.70. The lowest BCUT2D eigenvalue weighted by atomic mass is 10.1.